The molecular weight excluding hydrogens is 358 g/mol. The van der Waals surface area contributed by atoms with Crippen LogP contribution in [0.4, 0.5) is 0 Å². The van der Waals surface area contributed by atoms with Crippen LogP contribution in [0.15, 0.2) is 97.3 Å². The minimum Gasteiger partial charge on any atom is -0.348 e. The predicted molar refractivity (Wildman–Crippen MR) is 115 cm³/mol. The van der Waals surface area contributed by atoms with Gasteiger partial charge in [0.25, 0.3) is 5.91 Å². The second kappa shape index (κ2) is 9.02. The molecule has 0 aliphatic heterocycles. The van der Waals surface area contributed by atoms with Gasteiger partial charge in [-0.1, -0.05) is 72.8 Å². The largest absolute Gasteiger partial charge is 0.348 e. The molecule has 1 aromatic heterocycles. The molecule has 4 aromatic rings. The van der Waals surface area contributed by atoms with E-state index in [1.165, 1.54) is 5.56 Å². The van der Waals surface area contributed by atoms with Crippen molar-refractivity contribution in [1.29, 1.82) is 0 Å². The van der Waals surface area contributed by atoms with Gasteiger partial charge in [-0.15, -0.1) is 0 Å². The lowest BCUT2D eigenvalue weighted by Gasteiger charge is -2.13. The zero-order valence-electron chi connectivity index (χ0n) is 16.2. The Morgan fingerprint density at radius 3 is 2.24 bits per heavy atom. The third kappa shape index (κ3) is 4.79. The van der Waals surface area contributed by atoms with E-state index in [1.807, 2.05) is 71.5 Å². The van der Waals surface area contributed by atoms with Crippen molar-refractivity contribution < 1.29 is 4.79 Å². The van der Waals surface area contributed by atoms with E-state index in [0.717, 1.165) is 28.7 Å². The summed E-state index contributed by atoms with van der Waals surface area (Å²) < 4.78 is 1.88. The van der Waals surface area contributed by atoms with Gasteiger partial charge in [0.05, 0.1) is 6.54 Å². The van der Waals surface area contributed by atoms with Crippen molar-refractivity contribution in [3.8, 4) is 0 Å². The summed E-state index contributed by atoms with van der Waals surface area (Å²) >= 11 is 0. The van der Waals surface area contributed by atoms with Gasteiger partial charge < -0.3 is 5.32 Å². The Labute approximate surface area is 170 Å². The van der Waals surface area contributed by atoms with Crippen LogP contribution in [0, 0.1) is 0 Å². The zero-order valence-corrected chi connectivity index (χ0v) is 16.2. The van der Waals surface area contributed by atoms with Crippen LogP contribution in [-0.2, 0) is 19.5 Å². The van der Waals surface area contributed by atoms with Crippen LogP contribution in [-0.4, -0.2) is 15.7 Å². The van der Waals surface area contributed by atoms with Crippen LogP contribution in [0.1, 0.15) is 32.6 Å². The first-order valence-corrected chi connectivity index (χ1v) is 9.74. The molecule has 0 saturated carbocycles. The number of benzene rings is 3. The molecule has 0 aliphatic carbocycles. The predicted octanol–water partition coefficient (Wildman–Crippen LogP) is 4.45. The Morgan fingerprint density at radius 1 is 0.793 bits per heavy atom. The Morgan fingerprint density at radius 2 is 1.48 bits per heavy atom. The van der Waals surface area contributed by atoms with Crippen molar-refractivity contribution >= 4 is 5.91 Å². The molecule has 4 nitrogen and oxygen atoms in total. The van der Waals surface area contributed by atoms with Crippen molar-refractivity contribution in [3.05, 3.63) is 125 Å². The quantitative estimate of drug-likeness (QED) is 0.514. The Bertz CT molecular complexity index is 1070. The first kappa shape index (κ1) is 18.7. The molecule has 1 heterocycles. The van der Waals surface area contributed by atoms with E-state index in [0.29, 0.717) is 13.1 Å². The lowest BCUT2D eigenvalue weighted by molar-refractivity contribution is 0.0950. The van der Waals surface area contributed by atoms with E-state index < -0.39 is 0 Å². The monoisotopic (exact) mass is 381 g/mol. The average Bonchev–Trinajstić information content (AvgIpc) is 3.27. The van der Waals surface area contributed by atoms with Gasteiger partial charge in [-0.3, -0.25) is 9.48 Å². The molecule has 0 atom stereocenters. The second-order valence-corrected chi connectivity index (χ2v) is 6.97. The number of aromatic nitrogens is 2. The summed E-state index contributed by atoms with van der Waals surface area (Å²) in [5, 5.41) is 7.37. The van der Waals surface area contributed by atoms with E-state index in [2.05, 4.69) is 34.7 Å². The minimum absolute atomic E-state index is 0.0505. The maximum absolute atomic E-state index is 12.9. The fourth-order valence-corrected chi connectivity index (χ4v) is 3.44. The second-order valence-electron chi connectivity index (χ2n) is 6.97. The molecule has 29 heavy (non-hydrogen) atoms. The van der Waals surface area contributed by atoms with Gasteiger partial charge in [0.1, 0.15) is 0 Å². The summed E-state index contributed by atoms with van der Waals surface area (Å²) in [5.41, 5.74) is 5.19. The fraction of sp³-hybridized carbons (Fsp3) is 0.120. The highest BCUT2D eigenvalue weighted by atomic mass is 16.1. The number of carbonyl (C=O) groups excluding carboxylic acids is 1. The molecular formula is C25H23N3O. The standard InChI is InChI=1S/C25H23N3O/c29-25(24-14-7-6-11-21(24)17-20-9-2-1-3-10-20)26-18-22-12-4-5-13-23(22)19-28-16-8-15-27-28/h1-16H,17-19H2,(H,26,29). The number of hydrogen-bond donors (Lipinski definition) is 1. The number of nitrogens with one attached hydrogen (secondary N) is 1. The molecule has 0 radical (unpaired) electrons. The molecule has 0 spiro atoms. The van der Waals surface area contributed by atoms with Gasteiger partial charge in [0, 0.05) is 24.5 Å². The third-order valence-corrected chi connectivity index (χ3v) is 4.95. The van der Waals surface area contributed by atoms with Crippen molar-refractivity contribution in [2.24, 2.45) is 0 Å². The molecule has 0 bridgehead atoms. The summed E-state index contributed by atoms with van der Waals surface area (Å²) in [6.45, 7) is 1.17. The van der Waals surface area contributed by atoms with Crippen LogP contribution in [0.2, 0.25) is 0 Å². The molecule has 0 saturated heterocycles. The normalized spacial score (nSPS) is 10.6. The van der Waals surface area contributed by atoms with Crippen molar-refractivity contribution in [2.75, 3.05) is 0 Å². The summed E-state index contributed by atoms with van der Waals surface area (Å²) in [4.78, 5) is 12.9. The van der Waals surface area contributed by atoms with Crippen LogP contribution in [0.25, 0.3) is 0 Å². The van der Waals surface area contributed by atoms with Gasteiger partial charge in [0.2, 0.25) is 0 Å². The highest BCUT2D eigenvalue weighted by Crippen LogP contribution is 2.15. The average molecular weight is 381 g/mol. The fourth-order valence-electron chi connectivity index (χ4n) is 3.44. The topological polar surface area (TPSA) is 46.9 Å². The lowest BCUT2D eigenvalue weighted by atomic mass is 9.99. The molecule has 1 amide bonds. The van der Waals surface area contributed by atoms with Crippen LogP contribution in [0.3, 0.4) is 0 Å². The number of amides is 1. The Hall–Kier alpha value is -3.66. The molecule has 1 N–H and O–H groups in total. The van der Waals surface area contributed by atoms with Gasteiger partial charge in [-0.2, -0.15) is 5.10 Å². The van der Waals surface area contributed by atoms with E-state index in [4.69, 9.17) is 0 Å². The third-order valence-electron chi connectivity index (χ3n) is 4.95. The highest BCUT2D eigenvalue weighted by molar-refractivity contribution is 5.95. The van der Waals surface area contributed by atoms with E-state index >= 15 is 0 Å². The highest BCUT2D eigenvalue weighted by Gasteiger charge is 2.12. The maximum atomic E-state index is 12.9. The molecule has 4 rings (SSSR count). The minimum atomic E-state index is -0.0505. The van der Waals surface area contributed by atoms with E-state index in [1.54, 1.807) is 6.20 Å². The van der Waals surface area contributed by atoms with Crippen LogP contribution < -0.4 is 5.32 Å². The first-order valence-electron chi connectivity index (χ1n) is 9.74. The van der Waals surface area contributed by atoms with Crippen LogP contribution in [0.5, 0.6) is 0 Å². The van der Waals surface area contributed by atoms with E-state index in [9.17, 15) is 4.79 Å². The molecule has 3 aromatic carbocycles. The van der Waals surface area contributed by atoms with Gasteiger partial charge in [0.15, 0.2) is 0 Å². The molecule has 0 aliphatic rings. The summed E-state index contributed by atoms with van der Waals surface area (Å²) in [5.74, 6) is -0.0505. The van der Waals surface area contributed by atoms with Crippen LogP contribution >= 0.6 is 0 Å². The van der Waals surface area contributed by atoms with Gasteiger partial charge >= 0.3 is 0 Å². The number of carbonyl (C=O) groups is 1. The first-order chi connectivity index (χ1) is 14.3. The SMILES string of the molecule is O=C(NCc1ccccc1Cn1cccn1)c1ccccc1Cc1ccccc1. The summed E-state index contributed by atoms with van der Waals surface area (Å²) in [6.07, 6.45) is 4.45. The zero-order chi connectivity index (χ0) is 19.9. The molecule has 4 heteroatoms. The van der Waals surface area contributed by atoms with Crippen molar-refractivity contribution in [2.45, 2.75) is 19.5 Å². The summed E-state index contributed by atoms with van der Waals surface area (Å²) in [7, 11) is 0. The molecule has 0 unspecified atom stereocenters. The van der Waals surface area contributed by atoms with Gasteiger partial charge in [-0.05, 0) is 40.8 Å². The number of rotatable bonds is 7. The van der Waals surface area contributed by atoms with Crippen molar-refractivity contribution in [1.82, 2.24) is 15.1 Å². The lowest BCUT2D eigenvalue weighted by Crippen LogP contribution is -2.24. The smallest absolute Gasteiger partial charge is 0.251 e. The van der Waals surface area contributed by atoms with Crippen molar-refractivity contribution in [3.63, 3.8) is 0 Å². The molecule has 0 fully saturated rings. The van der Waals surface area contributed by atoms with Gasteiger partial charge in [-0.25, -0.2) is 0 Å². The maximum Gasteiger partial charge on any atom is 0.251 e. The van der Waals surface area contributed by atoms with E-state index in [-0.39, 0.29) is 5.91 Å². The summed E-state index contributed by atoms with van der Waals surface area (Å²) in [6, 6.07) is 28.1. The molecule has 144 valence electrons. The Kier molecular flexibility index (Phi) is 5.81. The Balaban J connectivity index is 1.47. The number of nitrogens with zero attached hydrogens (tertiary/aromatic N) is 2. The number of hydrogen-bond acceptors (Lipinski definition) is 2.